The minimum atomic E-state index is -0.0704. The van der Waals surface area contributed by atoms with Gasteiger partial charge >= 0.3 is 0 Å². The molecule has 1 nitrogen and oxygen atoms in total. The summed E-state index contributed by atoms with van der Waals surface area (Å²) >= 11 is 0. The smallest absolute Gasteiger partial charge is 0.146 e. The maximum atomic E-state index is 12.3. The molecule has 1 heteroatoms. The predicted molar refractivity (Wildman–Crippen MR) is 81.3 cm³/mol. The van der Waals surface area contributed by atoms with E-state index in [1.807, 2.05) is 0 Å². The minimum absolute atomic E-state index is 0.0704. The average Bonchev–Trinajstić information content (AvgIpc) is 2.74. The van der Waals surface area contributed by atoms with Gasteiger partial charge in [-0.25, -0.2) is 0 Å². The molecule has 0 radical (unpaired) electrons. The number of Topliss-reactive ketones (excluding diaryl/α,β-unsaturated/α-hetero) is 1. The van der Waals surface area contributed by atoms with Crippen molar-refractivity contribution in [2.75, 3.05) is 0 Å². The first-order chi connectivity index (χ1) is 9.56. The van der Waals surface area contributed by atoms with Crippen LogP contribution in [0, 0.1) is 28.6 Å². The zero-order valence-electron chi connectivity index (χ0n) is 13.1. The van der Waals surface area contributed by atoms with Gasteiger partial charge in [0.05, 0.1) is 0 Å². The Bertz CT molecular complexity index is 476. The molecule has 0 heterocycles. The summed E-state index contributed by atoms with van der Waals surface area (Å²) in [5.74, 6) is 3.08. The Hall–Kier alpha value is -0.590. The lowest BCUT2D eigenvalue weighted by molar-refractivity contribution is -0.127. The summed E-state index contributed by atoms with van der Waals surface area (Å²) in [6.45, 7) is 4.83. The summed E-state index contributed by atoms with van der Waals surface area (Å²) in [6, 6.07) is 0. The lowest BCUT2D eigenvalue weighted by Crippen LogP contribution is -2.50. The highest BCUT2D eigenvalue weighted by atomic mass is 16.1. The van der Waals surface area contributed by atoms with Crippen molar-refractivity contribution in [1.82, 2.24) is 0 Å². The second-order valence-corrected chi connectivity index (χ2v) is 8.40. The van der Waals surface area contributed by atoms with E-state index in [1.54, 1.807) is 5.57 Å². The molecule has 0 N–H and O–H groups in total. The summed E-state index contributed by atoms with van der Waals surface area (Å²) in [6.07, 6.45) is 14.0. The van der Waals surface area contributed by atoms with Gasteiger partial charge in [-0.1, -0.05) is 31.4 Å². The highest BCUT2D eigenvalue weighted by Gasteiger charge is 2.56. The van der Waals surface area contributed by atoms with Crippen molar-refractivity contribution in [1.29, 1.82) is 0 Å². The van der Waals surface area contributed by atoms with Gasteiger partial charge in [0.15, 0.2) is 0 Å². The zero-order chi connectivity index (χ0) is 14.0. The largest absolute Gasteiger partial charge is 0.298 e. The molecule has 5 atom stereocenters. The third-order valence-electron chi connectivity index (χ3n) is 7.72. The van der Waals surface area contributed by atoms with Crippen LogP contribution in [0.3, 0.4) is 0 Å². The second-order valence-electron chi connectivity index (χ2n) is 8.40. The number of fused-ring (bicyclic) bond motifs is 5. The van der Waals surface area contributed by atoms with Crippen molar-refractivity contribution in [2.24, 2.45) is 28.6 Å². The Morgan fingerprint density at radius 3 is 2.75 bits per heavy atom. The summed E-state index contributed by atoms with van der Waals surface area (Å²) in [7, 11) is 0. The SMILES string of the molecule is C[C@]12CC[C@@H]3[C@H](CC[C@H]4CCCC[C@]43C)C1=CCC2=O. The number of allylic oxidation sites excluding steroid dienone is 2. The molecule has 0 aromatic carbocycles. The lowest BCUT2D eigenvalue weighted by atomic mass is 9.46. The van der Waals surface area contributed by atoms with Crippen LogP contribution in [-0.4, -0.2) is 5.78 Å². The standard InChI is InChI=1S/C19H28O/c1-18-11-4-3-5-13(18)6-7-14-15-8-9-17(20)19(15,2)12-10-16(14)18/h8,13-14,16H,3-7,9-12H2,1-2H3/t13-,14-,16-,18-,19+/m1/s1. The van der Waals surface area contributed by atoms with E-state index in [2.05, 4.69) is 19.9 Å². The molecule has 0 aliphatic heterocycles. The van der Waals surface area contributed by atoms with Crippen molar-refractivity contribution < 1.29 is 4.79 Å². The van der Waals surface area contributed by atoms with Crippen LogP contribution < -0.4 is 0 Å². The molecule has 0 aromatic heterocycles. The van der Waals surface area contributed by atoms with Gasteiger partial charge in [-0.3, -0.25) is 4.79 Å². The molecule has 0 unspecified atom stereocenters. The third-order valence-corrected chi connectivity index (χ3v) is 7.72. The van der Waals surface area contributed by atoms with Crippen molar-refractivity contribution in [3.8, 4) is 0 Å². The molecule has 4 rings (SSSR count). The number of carbonyl (C=O) groups is 1. The van der Waals surface area contributed by atoms with E-state index >= 15 is 0 Å². The van der Waals surface area contributed by atoms with Crippen molar-refractivity contribution >= 4 is 5.78 Å². The Labute approximate surface area is 123 Å². The highest BCUT2D eigenvalue weighted by Crippen LogP contribution is 2.64. The van der Waals surface area contributed by atoms with Crippen LogP contribution in [0.1, 0.15) is 71.6 Å². The molecule has 3 saturated carbocycles. The molecule has 20 heavy (non-hydrogen) atoms. The van der Waals surface area contributed by atoms with Crippen molar-refractivity contribution in [3.63, 3.8) is 0 Å². The molecule has 0 saturated heterocycles. The van der Waals surface area contributed by atoms with Crippen LogP contribution in [0.4, 0.5) is 0 Å². The van der Waals surface area contributed by atoms with Gasteiger partial charge in [-0.15, -0.1) is 0 Å². The molecule has 0 aromatic rings. The summed E-state index contributed by atoms with van der Waals surface area (Å²) < 4.78 is 0. The van der Waals surface area contributed by atoms with Crippen molar-refractivity contribution in [3.05, 3.63) is 11.6 Å². The van der Waals surface area contributed by atoms with Crippen LogP contribution in [0.25, 0.3) is 0 Å². The van der Waals surface area contributed by atoms with Crippen LogP contribution in [0.15, 0.2) is 11.6 Å². The molecule has 0 bridgehead atoms. The van der Waals surface area contributed by atoms with Crippen LogP contribution in [0.5, 0.6) is 0 Å². The monoisotopic (exact) mass is 272 g/mol. The Balaban J connectivity index is 1.70. The van der Waals surface area contributed by atoms with E-state index in [1.165, 1.54) is 44.9 Å². The normalized spacial score (nSPS) is 51.0. The van der Waals surface area contributed by atoms with E-state index in [0.717, 1.165) is 30.6 Å². The summed E-state index contributed by atoms with van der Waals surface area (Å²) in [5.41, 5.74) is 2.07. The second kappa shape index (κ2) is 4.21. The molecule has 0 amide bonds. The Morgan fingerprint density at radius 2 is 1.90 bits per heavy atom. The first-order valence-electron chi connectivity index (χ1n) is 8.79. The molecule has 4 aliphatic rings. The number of carbonyl (C=O) groups excluding carboxylic acids is 1. The Morgan fingerprint density at radius 1 is 1.05 bits per heavy atom. The van der Waals surface area contributed by atoms with Gasteiger partial charge in [0.1, 0.15) is 5.78 Å². The first-order valence-corrected chi connectivity index (χ1v) is 8.79. The zero-order valence-corrected chi connectivity index (χ0v) is 13.1. The van der Waals surface area contributed by atoms with Gasteiger partial charge in [-0.2, -0.15) is 0 Å². The summed E-state index contributed by atoms with van der Waals surface area (Å²) in [4.78, 5) is 12.3. The molecule has 3 fully saturated rings. The molecular formula is C19H28O. The minimum Gasteiger partial charge on any atom is -0.298 e. The molecule has 0 spiro atoms. The van der Waals surface area contributed by atoms with E-state index < -0.39 is 0 Å². The van der Waals surface area contributed by atoms with Gasteiger partial charge in [0.2, 0.25) is 0 Å². The summed E-state index contributed by atoms with van der Waals surface area (Å²) in [5, 5.41) is 0. The van der Waals surface area contributed by atoms with Gasteiger partial charge < -0.3 is 0 Å². The fourth-order valence-corrected chi connectivity index (χ4v) is 6.44. The van der Waals surface area contributed by atoms with Crippen LogP contribution >= 0.6 is 0 Å². The average molecular weight is 272 g/mol. The molecule has 4 aliphatic carbocycles. The third kappa shape index (κ3) is 1.53. The molecular weight excluding hydrogens is 244 g/mol. The van der Waals surface area contributed by atoms with Crippen LogP contribution in [-0.2, 0) is 4.79 Å². The van der Waals surface area contributed by atoms with Gasteiger partial charge in [0, 0.05) is 11.8 Å². The first kappa shape index (κ1) is 13.1. The maximum Gasteiger partial charge on any atom is 0.146 e. The Kier molecular flexibility index (Phi) is 2.76. The van der Waals surface area contributed by atoms with E-state index in [9.17, 15) is 4.79 Å². The number of rotatable bonds is 0. The van der Waals surface area contributed by atoms with Crippen LogP contribution in [0.2, 0.25) is 0 Å². The van der Waals surface area contributed by atoms with E-state index in [0.29, 0.717) is 11.2 Å². The van der Waals surface area contributed by atoms with Crippen molar-refractivity contribution in [2.45, 2.75) is 71.6 Å². The maximum absolute atomic E-state index is 12.3. The van der Waals surface area contributed by atoms with E-state index in [4.69, 9.17) is 0 Å². The van der Waals surface area contributed by atoms with Gasteiger partial charge in [0.25, 0.3) is 0 Å². The van der Waals surface area contributed by atoms with E-state index in [-0.39, 0.29) is 5.41 Å². The topological polar surface area (TPSA) is 17.1 Å². The van der Waals surface area contributed by atoms with Gasteiger partial charge in [-0.05, 0) is 68.6 Å². The fraction of sp³-hybridized carbons (Fsp3) is 0.842. The number of ketones is 1. The molecule has 110 valence electrons. The fourth-order valence-electron chi connectivity index (χ4n) is 6.44. The highest BCUT2D eigenvalue weighted by molar-refractivity contribution is 5.92. The predicted octanol–water partition coefficient (Wildman–Crippen LogP) is 4.91. The number of hydrogen-bond acceptors (Lipinski definition) is 1. The lowest BCUT2D eigenvalue weighted by Gasteiger charge is -2.58. The number of hydrogen-bond donors (Lipinski definition) is 0. The quantitative estimate of drug-likeness (QED) is 0.573.